The quantitative estimate of drug-likeness (QED) is 0.336. The summed E-state index contributed by atoms with van der Waals surface area (Å²) < 4.78 is 0. The van der Waals surface area contributed by atoms with Crippen molar-refractivity contribution in [3.8, 4) is 5.75 Å². The number of hydrogen-bond donors (Lipinski definition) is 4. The van der Waals surface area contributed by atoms with Crippen LogP contribution in [0.5, 0.6) is 5.75 Å². The average molecular weight is 447 g/mol. The Bertz CT molecular complexity index is 1100. The van der Waals surface area contributed by atoms with Gasteiger partial charge in [0.05, 0.1) is 0 Å². The summed E-state index contributed by atoms with van der Waals surface area (Å²) in [7, 11) is 0. The van der Waals surface area contributed by atoms with Crippen molar-refractivity contribution in [3.05, 3.63) is 95.1 Å². The molecule has 0 aliphatic rings. The lowest BCUT2D eigenvalue weighted by atomic mass is 10.00. The van der Waals surface area contributed by atoms with Crippen LogP contribution in [0.2, 0.25) is 0 Å². The first kappa shape index (κ1) is 23.5. The van der Waals surface area contributed by atoms with Gasteiger partial charge in [-0.3, -0.25) is 9.59 Å². The molecule has 3 aromatic carbocycles. The number of carboxylic acids is 1. The maximum absolute atomic E-state index is 12.8. The van der Waals surface area contributed by atoms with Crippen LogP contribution in [0.15, 0.2) is 72.8 Å². The van der Waals surface area contributed by atoms with Crippen LogP contribution in [0.25, 0.3) is 0 Å². The molecule has 3 rings (SSSR count). The van der Waals surface area contributed by atoms with Gasteiger partial charge in [-0.1, -0.05) is 42.5 Å². The van der Waals surface area contributed by atoms with Gasteiger partial charge in [-0.25, -0.2) is 4.79 Å². The number of hydrogen-bond acceptors (Lipinski definition) is 4. The van der Waals surface area contributed by atoms with Gasteiger partial charge in [0, 0.05) is 11.3 Å². The Hall–Kier alpha value is -4.13. The van der Waals surface area contributed by atoms with Gasteiger partial charge in [-0.2, -0.15) is 0 Å². The molecule has 0 fully saturated rings. The van der Waals surface area contributed by atoms with E-state index in [9.17, 15) is 24.6 Å². The van der Waals surface area contributed by atoms with E-state index in [-0.39, 0.29) is 12.2 Å². The van der Waals surface area contributed by atoms with Crippen LogP contribution in [-0.4, -0.2) is 34.5 Å². The van der Waals surface area contributed by atoms with E-state index in [0.29, 0.717) is 36.9 Å². The normalized spacial score (nSPS) is 11.4. The number of phenols is 1. The van der Waals surface area contributed by atoms with Gasteiger partial charge in [0.25, 0.3) is 5.91 Å². The highest BCUT2D eigenvalue weighted by Gasteiger charge is 2.21. The minimum Gasteiger partial charge on any atom is -0.508 e. The summed E-state index contributed by atoms with van der Waals surface area (Å²) in [6.07, 6.45) is 2.54. The summed E-state index contributed by atoms with van der Waals surface area (Å²) in [5, 5.41) is 24.2. The van der Waals surface area contributed by atoms with Crippen LogP contribution in [0.1, 0.15) is 33.5 Å². The van der Waals surface area contributed by atoms with Crippen molar-refractivity contribution in [2.24, 2.45) is 0 Å². The second-order valence-electron chi connectivity index (χ2n) is 7.69. The third-order valence-electron chi connectivity index (χ3n) is 5.37. The average Bonchev–Trinajstić information content (AvgIpc) is 2.82. The van der Waals surface area contributed by atoms with Crippen molar-refractivity contribution < 1.29 is 24.6 Å². The maximum atomic E-state index is 12.8. The van der Waals surface area contributed by atoms with Gasteiger partial charge in [-0.05, 0) is 72.7 Å². The monoisotopic (exact) mass is 446 g/mol. The lowest BCUT2D eigenvalue weighted by molar-refractivity contribution is -0.139. The topological polar surface area (TPSA) is 116 Å². The highest BCUT2D eigenvalue weighted by atomic mass is 16.4. The Balaban J connectivity index is 1.71. The molecule has 0 aromatic heterocycles. The Kier molecular flexibility index (Phi) is 8.18. The first-order valence-corrected chi connectivity index (χ1v) is 10.6. The summed E-state index contributed by atoms with van der Waals surface area (Å²) >= 11 is 0. The van der Waals surface area contributed by atoms with Crippen molar-refractivity contribution in [3.63, 3.8) is 0 Å². The molecule has 3 aromatic rings. The van der Waals surface area contributed by atoms with Gasteiger partial charge in [0.2, 0.25) is 6.41 Å². The first-order chi connectivity index (χ1) is 16.0. The van der Waals surface area contributed by atoms with Crippen LogP contribution < -0.4 is 10.6 Å². The van der Waals surface area contributed by atoms with Gasteiger partial charge < -0.3 is 20.8 Å². The largest absolute Gasteiger partial charge is 0.508 e. The summed E-state index contributed by atoms with van der Waals surface area (Å²) in [4.78, 5) is 35.5. The van der Waals surface area contributed by atoms with E-state index in [1.54, 1.807) is 30.3 Å². The number of anilines is 1. The van der Waals surface area contributed by atoms with Gasteiger partial charge in [0.1, 0.15) is 11.8 Å². The highest BCUT2D eigenvalue weighted by molar-refractivity contribution is 5.97. The van der Waals surface area contributed by atoms with Gasteiger partial charge in [-0.15, -0.1) is 0 Å². The maximum Gasteiger partial charge on any atom is 0.326 e. The molecule has 7 heteroatoms. The van der Waals surface area contributed by atoms with E-state index in [1.165, 1.54) is 0 Å². The number of aryl methyl sites for hydroxylation is 3. The van der Waals surface area contributed by atoms with Crippen LogP contribution in [0, 0.1) is 0 Å². The number of phenolic OH excluding ortho intramolecular Hbond substituents is 1. The molecule has 1 atom stereocenters. The zero-order chi connectivity index (χ0) is 23.6. The van der Waals surface area contributed by atoms with E-state index in [1.807, 2.05) is 42.5 Å². The van der Waals surface area contributed by atoms with Crippen LogP contribution in [0.3, 0.4) is 0 Å². The minimum atomic E-state index is -1.09. The second-order valence-corrected chi connectivity index (χ2v) is 7.69. The molecule has 4 N–H and O–H groups in total. The standard InChI is InChI=1S/C26H26N2O5/c29-17-27-23-15-11-21(16-20(23)10-6-19-7-12-22(30)13-8-19)25(31)28-24(26(32)33)14-9-18-4-2-1-3-5-18/h1-5,7-8,11-13,15-17,24,30H,6,9-10,14H2,(H,27,29)(H,28,31)(H,32,33). The number of carbonyl (C=O) groups is 3. The lowest BCUT2D eigenvalue weighted by Gasteiger charge is -2.16. The number of nitrogens with one attached hydrogen (secondary N) is 2. The zero-order valence-electron chi connectivity index (χ0n) is 18.0. The van der Waals surface area contributed by atoms with Crippen molar-refractivity contribution in [2.75, 3.05) is 5.32 Å². The molecule has 2 amide bonds. The summed E-state index contributed by atoms with van der Waals surface area (Å²) in [6, 6.07) is 20.2. The third kappa shape index (κ3) is 6.93. The molecule has 33 heavy (non-hydrogen) atoms. The molecule has 0 saturated carbocycles. The highest BCUT2D eigenvalue weighted by Crippen LogP contribution is 2.21. The molecule has 7 nitrogen and oxygen atoms in total. The molecular formula is C26H26N2O5. The zero-order valence-corrected chi connectivity index (χ0v) is 18.0. The number of aromatic hydroxyl groups is 1. The van der Waals surface area contributed by atoms with E-state index >= 15 is 0 Å². The number of rotatable bonds is 11. The fourth-order valence-corrected chi connectivity index (χ4v) is 3.54. The first-order valence-electron chi connectivity index (χ1n) is 10.6. The Morgan fingerprint density at radius 1 is 0.879 bits per heavy atom. The van der Waals surface area contributed by atoms with E-state index < -0.39 is 17.9 Å². The van der Waals surface area contributed by atoms with Crippen LogP contribution in [0.4, 0.5) is 5.69 Å². The molecule has 0 aliphatic heterocycles. The molecule has 0 saturated heterocycles. The molecule has 0 bridgehead atoms. The molecule has 0 spiro atoms. The Morgan fingerprint density at radius 2 is 1.58 bits per heavy atom. The molecule has 0 aliphatic carbocycles. The fourth-order valence-electron chi connectivity index (χ4n) is 3.54. The van der Waals surface area contributed by atoms with Gasteiger partial charge in [0.15, 0.2) is 0 Å². The van der Waals surface area contributed by atoms with E-state index in [4.69, 9.17) is 0 Å². The van der Waals surface area contributed by atoms with E-state index in [2.05, 4.69) is 10.6 Å². The summed E-state index contributed by atoms with van der Waals surface area (Å²) in [5.74, 6) is -1.40. The van der Waals surface area contributed by atoms with Crippen LogP contribution in [-0.2, 0) is 28.9 Å². The SMILES string of the molecule is O=CNc1ccc(C(=O)NC(CCc2ccccc2)C(=O)O)cc1CCc1ccc(O)cc1. The van der Waals surface area contributed by atoms with E-state index in [0.717, 1.165) is 16.7 Å². The Morgan fingerprint density at radius 3 is 2.24 bits per heavy atom. The van der Waals surface area contributed by atoms with Crippen molar-refractivity contribution in [2.45, 2.75) is 31.7 Å². The number of carbonyl (C=O) groups excluding carboxylic acids is 2. The summed E-state index contributed by atoms with van der Waals surface area (Å²) in [6.45, 7) is 0. The summed E-state index contributed by atoms with van der Waals surface area (Å²) in [5.41, 5.74) is 3.64. The predicted octanol–water partition coefficient (Wildman–Crippen LogP) is 3.56. The predicted molar refractivity (Wildman–Crippen MR) is 125 cm³/mol. The van der Waals surface area contributed by atoms with Crippen molar-refractivity contribution >= 4 is 24.0 Å². The Labute approximate surface area is 192 Å². The molecule has 1 unspecified atom stereocenters. The molecule has 0 heterocycles. The van der Waals surface area contributed by atoms with Gasteiger partial charge >= 0.3 is 5.97 Å². The van der Waals surface area contributed by atoms with Crippen molar-refractivity contribution in [1.82, 2.24) is 5.32 Å². The minimum absolute atomic E-state index is 0.181. The third-order valence-corrected chi connectivity index (χ3v) is 5.37. The molecule has 0 radical (unpaired) electrons. The number of aliphatic carboxylic acids is 1. The lowest BCUT2D eigenvalue weighted by Crippen LogP contribution is -2.41. The smallest absolute Gasteiger partial charge is 0.326 e. The number of benzene rings is 3. The second kappa shape index (κ2) is 11.5. The number of carboxylic acid groups (broad SMARTS) is 1. The number of amides is 2. The van der Waals surface area contributed by atoms with Crippen molar-refractivity contribution in [1.29, 1.82) is 0 Å². The molecular weight excluding hydrogens is 420 g/mol. The molecule has 170 valence electrons. The fraction of sp³-hybridized carbons (Fsp3) is 0.192. The van der Waals surface area contributed by atoms with Crippen LogP contribution >= 0.6 is 0 Å².